The minimum Gasteiger partial charge on any atom is -0.370 e. The van der Waals surface area contributed by atoms with E-state index in [1.807, 2.05) is 18.2 Å². The van der Waals surface area contributed by atoms with Gasteiger partial charge in [0.05, 0.1) is 19.0 Å². The standard InChI is InChI=1S/C23H28N2O2S/c26-23(17-28-21-10-9-18-7-4-8-20(18)15-21)24-22(19-5-2-1-3-6-19)16-25-11-13-27-14-12-25/h1-3,5-6,9-10,15,22H,4,7-8,11-14,16-17H2,(H,24,26)/p+1/t22-/m1/s1. The summed E-state index contributed by atoms with van der Waals surface area (Å²) in [6, 6.07) is 17.0. The zero-order valence-electron chi connectivity index (χ0n) is 16.3. The van der Waals surface area contributed by atoms with Gasteiger partial charge in [-0.25, -0.2) is 0 Å². The van der Waals surface area contributed by atoms with E-state index >= 15 is 0 Å². The van der Waals surface area contributed by atoms with Crippen LogP contribution in [0.4, 0.5) is 0 Å². The van der Waals surface area contributed by atoms with Gasteiger partial charge in [0.15, 0.2) is 0 Å². The summed E-state index contributed by atoms with van der Waals surface area (Å²) in [6.45, 7) is 4.52. The maximum absolute atomic E-state index is 12.7. The number of carbonyl (C=O) groups excluding carboxylic acids is 1. The zero-order valence-corrected chi connectivity index (χ0v) is 17.1. The molecule has 4 nitrogen and oxygen atoms in total. The van der Waals surface area contributed by atoms with Crippen molar-refractivity contribution in [1.29, 1.82) is 0 Å². The third-order valence-electron chi connectivity index (χ3n) is 5.67. The van der Waals surface area contributed by atoms with Gasteiger partial charge in [-0.2, -0.15) is 0 Å². The molecule has 1 atom stereocenters. The Bertz CT molecular complexity index is 790. The molecule has 148 valence electrons. The van der Waals surface area contributed by atoms with Crippen LogP contribution in [-0.4, -0.2) is 44.5 Å². The Kier molecular flexibility index (Phi) is 6.68. The highest BCUT2D eigenvalue weighted by atomic mass is 32.2. The summed E-state index contributed by atoms with van der Waals surface area (Å²) >= 11 is 1.64. The fourth-order valence-electron chi connectivity index (χ4n) is 4.11. The first-order valence-electron chi connectivity index (χ1n) is 10.3. The number of fused-ring (bicyclic) bond motifs is 1. The first kappa shape index (κ1) is 19.5. The lowest BCUT2D eigenvalue weighted by Crippen LogP contribution is -3.14. The van der Waals surface area contributed by atoms with Crippen molar-refractivity contribution in [3.8, 4) is 0 Å². The van der Waals surface area contributed by atoms with Crippen LogP contribution < -0.4 is 10.2 Å². The Balaban J connectivity index is 1.36. The van der Waals surface area contributed by atoms with Gasteiger partial charge in [-0.1, -0.05) is 36.4 Å². The molecule has 4 rings (SSSR count). The molecule has 1 saturated heterocycles. The van der Waals surface area contributed by atoms with E-state index in [0.29, 0.717) is 5.75 Å². The molecule has 0 radical (unpaired) electrons. The number of morpholine rings is 1. The van der Waals surface area contributed by atoms with Crippen LogP contribution in [-0.2, 0) is 22.4 Å². The molecule has 28 heavy (non-hydrogen) atoms. The fraction of sp³-hybridized carbons (Fsp3) is 0.435. The number of amides is 1. The Morgan fingerprint density at radius 2 is 1.86 bits per heavy atom. The molecule has 1 aliphatic heterocycles. The molecule has 0 unspecified atom stereocenters. The maximum Gasteiger partial charge on any atom is 0.231 e. The van der Waals surface area contributed by atoms with Crippen molar-refractivity contribution in [1.82, 2.24) is 5.32 Å². The molecule has 2 aromatic rings. The van der Waals surface area contributed by atoms with Gasteiger partial charge in [0.25, 0.3) is 0 Å². The molecule has 1 amide bonds. The summed E-state index contributed by atoms with van der Waals surface area (Å²) in [7, 11) is 0. The SMILES string of the molecule is O=C(CSc1ccc2c(c1)CCC2)N[C@H](C[NH+]1CCOCC1)c1ccccc1. The highest BCUT2D eigenvalue weighted by Gasteiger charge is 2.23. The second-order valence-electron chi connectivity index (χ2n) is 7.67. The Hall–Kier alpha value is -1.82. The van der Waals surface area contributed by atoms with E-state index in [1.165, 1.54) is 45.7 Å². The number of thioether (sulfide) groups is 1. The van der Waals surface area contributed by atoms with Gasteiger partial charge in [-0.05, 0) is 48.1 Å². The van der Waals surface area contributed by atoms with Gasteiger partial charge in [0.2, 0.25) is 5.91 Å². The van der Waals surface area contributed by atoms with E-state index in [1.54, 1.807) is 11.8 Å². The number of hydrogen-bond acceptors (Lipinski definition) is 3. The minimum atomic E-state index is 0.0439. The van der Waals surface area contributed by atoms with Crippen LogP contribution in [0.2, 0.25) is 0 Å². The predicted octanol–water partition coefficient (Wildman–Crippen LogP) is 2.04. The molecule has 2 aromatic carbocycles. The van der Waals surface area contributed by atoms with Gasteiger partial charge in [0.1, 0.15) is 25.7 Å². The second kappa shape index (κ2) is 9.59. The number of nitrogens with one attached hydrogen (secondary N) is 2. The van der Waals surface area contributed by atoms with Crippen molar-refractivity contribution in [2.75, 3.05) is 38.6 Å². The summed E-state index contributed by atoms with van der Waals surface area (Å²) in [5.74, 6) is 0.563. The first-order valence-corrected chi connectivity index (χ1v) is 11.3. The van der Waals surface area contributed by atoms with Crippen LogP contribution in [0.1, 0.15) is 29.2 Å². The van der Waals surface area contributed by atoms with Crippen molar-refractivity contribution >= 4 is 17.7 Å². The van der Waals surface area contributed by atoms with Gasteiger partial charge in [0, 0.05) is 4.90 Å². The monoisotopic (exact) mass is 397 g/mol. The predicted molar refractivity (Wildman–Crippen MR) is 113 cm³/mol. The molecule has 1 heterocycles. The molecule has 2 N–H and O–H groups in total. The van der Waals surface area contributed by atoms with Gasteiger partial charge in [-0.15, -0.1) is 11.8 Å². The molecule has 0 saturated carbocycles. The Morgan fingerprint density at radius 1 is 1.07 bits per heavy atom. The number of ether oxygens (including phenoxy) is 1. The lowest BCUT2D eigenvalue weighted by molar-refractivity contribution is -0.909. The van der Waals surface area contributed by atoms with Crippen molar-refractivity contribution in [3.05, 3.63) is 65.2 Å². The number of quaternary nitrogens is 1. The van der Waals surface area contributed by atoms with Crippen LogP contribution in [0, 0.1) is 0 Å². The molecule has 0 bridgehead atoms. The summed E-state index contributed by atoms with van der Waals surface area (Å²) in [5, 5.41) is 3.28. The van der Waals surface area contributed by atoms with Crippen LogP contribution >= 0.6 is 11.8 Å². The lowest BCUT2D eigenvalue weighted by Gasteiger charge is -2.28. The van der Waals surface area contributed by atoms with Crippen LogP contribution in [0.25, 0.3) is 0 Å². The number of benzene rings is 2. The van der Waals surface area contributed by atoms with Crippen LogP contribution in [0.15, 0.2) is 53.4 Å². The second-order valence-corrected chi connectivity index (χ2v) is 8.72. The average Bonchev–Trinajstić information content (AvgIpc) is 3.21. The van der Waals surface area contributed by atoms with E-state index in [2.05, 4.69) is 35.6 Å². The van der Waals surface area contributed by atoms with E-state index in [4.69, 9.17) is 4.74 Å². The molecular formula is C23H29N2O2S+. The molecule has 2 aliphatic rings. The van der Waals surface area contributed by atoms with Crippen molar-refractivity contribution in [3.63, 3.8) is 0 Å². The molecule has 0 spiro atoms. The average molecular weight is 398 g/mol. The molecule has 0 aromatic heterocycles. The molecule has 1 fully saturated rings. The fourth-order valence-corrected chi connectivity index (χ4v) is 4.88. The largest absolute Gasteiger partial charge is 0.370 e. The van der Waals surface area contributed by atoms with Gasteiger partial charge in [-0.3, -0.25) is 4.79 Å². The quantitative estimate of drug-likeness (QED) is 0.703. The van der Waals surface area contributed by atoms with Crippen molar-refractivity contribution in [2.45, 2.75) is 30.2 Å². The van der Waals surface area contributed by atoms with E-state index in [9.17, 15) is 4.79 Å². The zero-order chi connectivity index (χ0) is 19.2. The number of aryl methyl sites for hydroxylation is 2. The van der Waals surface area contributed by atoms with Gasteiger partial charge >= 0.3 is 0 Å². The van der Waals surface area contributed by atoms with Crippen LogP contribution in [0.5, 0.6) is 0 Å². The van der Waals surface area contributed by atoms with Crippen molar-refractivity contribution in [2.24, 2.45) is 0 Å². The molecular weight excluding hydrogens is 368 g/mol. The molecule has 5 heteroatoms. The highest BCUT2D eigenvalue weighted by molar-refractivity contribution is 8.00. The van der Waals surface area contributed by atoms with Crippen molar-refractivity contribution < 1.29 is 14.4 Å². The summed E-state index contributed by atoms with van der Waals surface area (Å²) in [4.78, 5) is 15.4. The van der Waals surface area contributed by atoms with E-state index in [0.717, 1.165) is 32.8 Å². The Morgan fingerprint density at radius 3 is 2.68 bits per heavy atom. The lowest BCUT2D eigenvalue weighted by atomic mass is 10.1. The van der Waals surface area contributed by atoms with Crippen LogP contribution in [0.3, 0.4) is 0 Å². The van der Waals surface area contributed by atoms with E-state index in [-0.39, 0.29) is 11.9 Å². The first-order chi connectivity index (χ1) is 13.8. The normalized spacial score (nSPS) is 17.9. The topological polar surface area (TPSA) is 42.8 Å². The smallest absolute Gasteiger partial charge is 0.231 e. The third kappa shape index (κ3) is 5.16. The Labute approximate surface area is 171 Å². The van der Waals surface area contributed by atoms with E-state index < -0.39 is 0 Å². The summed E-state index contributed by atoms with van der Waals surface area (Å²) in [6.07, 6.45) is 3.63. The number of carbonyl (C=O) groups is 1. The summed E-state index contributed by atoms with van der Waals surface area (Å²) < 4.78 is 5.48. The highest BCUT2D eigenvalue weighted by Crippen LogP contribution is 2.27. The van der Waals surface area contributed by atoms with Gasteiger partial charge < -0.3 is 15.0 Å². The number of hydrogen-bond donors (Lipinski definition) is 2. The minimum absolute atomic E-state index is 0.0439. The molecule has 1 aliphatic carbocycles. The maximum atomic E-state index is 12.7. The number of rotatable bonds is 7. The summed E-state index contributed by atoms with van der Waals surface area (Å²) in [5.41, 5.74) is 4.12. The third-order valence-corrected chi connectivity index (χ3v) is 6.66.